The Morgan fingerprint density at radius 1 is 1.04 bits per heavy atom. The highest BCUT2D eigenvalue weighted by Crippen LogP contribution is 2.38. The SMILES string of the molecule is COc1cc(/C=C/C(=O)N2CCCC2CN2CCCC2)cc(OC)c1OC. The average Bonchev–Trinajstić information content (AvgIpc) is 3.37. The Hall–Kier alpha value is -2.21. The third-order valence-electron chi connectivity index (χ3n) is 5.43. The summed E-state index contributed by atoms with van der Waals surface area (Å²) in [6, 6.07) is 4.02. The Labute approximate surface area is 161 Å². The first kappa shape index (κ1) is 19.5. The van der Waals surface area contributed by atoms with Crippen LogP contribution in [0.15, 0.2) is 18.2 Å². The lowest BCUT2D eigenvalue weighted by Crippen LogP contribution is -2.41. The molecule has 0 spiro atoms. The normalized spacial score (nSPS) is 20.4. The van der Waals surface area contributed by atoms with Gasteiger partial charge in [0.15, 0.2) is 11.5 Å². The van der Waals surface area contributed by atoms with E-state index < -0.39 is 0 Å². The lowest BCUT2D eigenvalue weighted by Gasteiger charge is -2.27. The summed E-state index contributed by atoms with van der Waals surface area (Å²) in [6.07, 6.45) is 8.22. The van der Waals surface area contributed by atoms with Gasteiger partial charge in [0.25, 0.3) is 0 Å². The Morgan fingerprint density at radius 2 is 1.70 bits per heavy atom. The number of likely N-dealkylation sites (tertiary alicyclic amines) is 2. The fourth-order valence-corrected chi connectivity index (χ4v) is 4.04. The van der Waals surface area contributed by atoms with Crippen molar-refractivity contribution < 1.29 is 19.0 Å². The minimum atomic E-state index is 0.0745. The molecule has 0 bridgehead atoms. The zero-order valence-corrected chi connectivity index (χ0v) is 16.6. The number of methoxy groups -OCH3 is 3. The van der Waals surface area contributed by atoms with Gasteiger partial charge in [-0.1, -0.05) is 0 Å². The molecule has 1 unspecified atom stereocenters. The minimum Gasteiger partial charge on any atom is -0.493 e. The first-order chi connectivity index (χ1) is 13.2. The summed E-state index contributed by atoms with van der Waals surface area (Å²) < 4.78 is 16.1. The van der Waals surface area contributed by atoms with Crippen molar-refractivity contribution in [3.05, 3.63) is 23.8 Å². The zero-order valence-electron chi connectivity index (χ0n) is 16.6. The van der Waals surface area contributed by atoms with Crippen LogP contribution >= 0.6 is 0 Å². The number of carbonyl (C=O) groups is 1. The fourth-order valence-electron chi connectivity index (χ4n) is 4.04. The third kappa shape index (κ3) is 4.56. The third-order valence-corrected chi connectivity index (χ3v) is 5.43. The van der Waals surface area contributed by atoms with E-state index in [0.29, 0.717) is 23.3 Å². The summed E-state index contributed by atoms with van der Waals surface area (Å²) in [5.74, 6) is 1.79. The van der Waals surface area contributed by atoms with E-state index in [1.807, 2.05) is 23.1 Å². The molecule has 2 aliphatic rings. The van der Waals surface area contributed by atoms with E-state index in [-0.39, 0.29) is 5.91 Å². The second-order valence-electron chi connectivity index (χ2n) is 7.13. The van der Waals surface area contributed by atoms with Gasteiger partial charge >= 0.3 is 0 Å². The van der Waals surface area contributed by atoms with Crippen LogP contribution < -0.4 is 14.2 Å². The molecule has 6 heteroatoms. The second kappa shape index (κ2) is 9.13. The summed E-state index contributed by atoms with van der Waals surface area (Å²) in [7, 11) is 4.75. The van der Waals surface area contributed by atoms with Crippen LogP contribution in [0.25, 0.3) is 6.08 Å². The van der Waals surface area contributed by atoms with Crippen LogP contribution in [0.4, 0.5) is 0 Å². The molecule has 1 atom stereocenters. The Kier molecular flexibility index (Phi) is 6.61. The zero-order chi connectivity index (χ0) is 19.2. The largest absolute Gasteiger partial charge is 0.493 e. The van der Waals surface area contributed by atoms with Crippen molar-refractivity contribution in [1.29, 1.82) is 0 Å². The van der Waals surface area contributed by atoms with Crippen molar-refractivity contribution in [1.82, 2.24) is 9.80 Å². The van der Waals surface area contributed by atoms with Gasteiger partial charge in [-0.3, -0.25) is 4.79 Å². The highest BCUT2D eigenvalue weighted by Gasteiger charge is 2.29. The number of carbonyl (C=O) groups excluding carboxylic acids is 1. The molecule has 3 rings (SSSR count). The molecule has 0 aromatic heterocycles. The van der Waals surface area contributed by atoms with Crippen molar-refractivity contribution in [3.8, 4) is 17.2 Å². The quantitative estimate of drug-likeness (QED) is 0.687. The molecule has 0 saturated carbocycles. The first-order valence-corrected chi connectivity index (χ1v) is 9.67. The molecule has 27 heavy (non-hydrogen) atoms. The lowest BCUT2D eigenvalue weighted by atomic mass is 10.1. The lowest BCUT2D eigenvalue weighted by molar-refractivity contribution is -0.127. The molecule has 1 amide bonds. The summed E-state index contributed by atoms with van der Waals surface area (Å²) in [6.45, 7) is 4.18. The molecule has 2 saturated heterocycles. The molecule has 2 fully saturated rings. The first-order valence-electron chi connectivity index (χ1n) is 9.67. The molecule has 148 valence electrons. The second-order valence-corrected chi connectivity index (χ2v) is 7.13. The maximum absolute atomic E-state index is 12.8. The number of amides is 1. The molecule has 6 nitrogen and oxygen atoms in total. The molecule has 0 aliphatic carbocycles. The maximum Gasteiger partial charge on any atom is 0.246 e. The van der Waals surface area contributed by atoms with Crippen molar-refractivity contribution in [2.45, 2.75) is 31.7 Å². The molecule has 0 N–H and O–H groups in total. The number of rotatable bonds is 7. The predicted octanol–water partition coefficient (Wildman–Crippen LogP) is 2.81. The number of ether oxygens (including phenoxy) is 3. The van der Waals surface area contributed by atoms with E-state index in [2.05, 4.69) is 4.90 Å². The van der Waals surface area contributed by atoms with Crippen molar-refractivity contribution in [3.63, 3.8) is 0 Å². The van der Waals surface area contributed by atoms with Crippen LogP contribution in [0.3, 0.4) is 0 Å². The molecule has 2 heterocycles. The minimum absolute atomic E-state index is 0.0745. The smallest absolute Gasteiger partial charge is 0.246 e. The fraction of sp³-hybridized carbons (Fsp3) is 0.571. The summed E-state index contributed by atoms with van der Waals surface area (Å²) in [5.41, 5.74) is 0.841. The van der Waals surface area contributed by atoms with Gasteiger partial charge in [-0.15, -0.1) is 0 Å². The molecule has 1 aromatic carbocycles. The highest BCUT2D eigenvalue weighted by molar-refractivity contribution is 5.92. The van der Waals surface area contributed by atoms with E-state index in [0.717, 1.165) is 31.5 Å². The Morgan fingerprint density at radius 3 is 2.30 bits per heavy atom. The van der Waals surface area contributed by atoms with E-state index in [1.54, 1.807) is 27.4 Å². The van der Waals surface area contributed by atoms with Crippen molar-refractivity contribution in [2.24, 2.45) is 0 Å². The van der Waals surface area contributed by atoms with E-state index in [1.165, 1.54) is 25.9 Å². The predicted molar refractivity (Wildman–Crippen MR) is 106 cm³/mol. The number of nitrogens with zero attached hydrogens (tertiary/aromatic N) is 2. The van der Waals surface area contributed by atoms with Crippen LogP contribution in [-0.4, -0.2) is 69.3 Å². The molecule has 2 aliphatic heterocycles. The van der Waals surface area contributed by atoms with E-state index in [4.69, 9.17) is 14.2 Å². The number of hydrogen-bond donors (Lipinski definition) is 0. The Bertz CT molecular complexity index is 658. The van der Waals surface area contributed by atoms with Crippen molar-refractivity contribution >= 4 is 12.0 Å². The van der Waals surface area contributed by atoms with Crippen LogP contribution in [-0.2, 0) is 4.79 Å². The van der Waals surface area contributed by atoms with Gasteiger partial charge in [0.2, 0.25) is 11.7 Å². The van der Waals surface area contributed by atoms with Gasteiger partial charge in [-0.25, -0.2) is 0 Å². The van der Waals surface area contributed by atoms with Gasteiger partial charge in [-0.2, -0.15) is 0 Å². The molecular formula is C21H30N2O4. The molecular weight excluding hydrogens is 344 g/mol. The van der Waals surface area contributed by atoms with E-state index >= 15 is 0 Å². The van der Waals surface area contributed by atoms with Crippen LogP contribution in [0.2, 0.25) is 0 Å². The van der Waals surface area contributed by atoms with Crippen LogP contribution in [0, 0.1) is 0 Å². The number of benzene rings is 1. The van der Waals surface area contributed by atoms with Crippen molar-refractivity contribution in [2.75, 3.05) is 47.5 Å². The average molecular weight is 374 g/mol. The van der Waals surface area contributed by atoms with Gasteiger partial charge in [0, 0.05) is 25.2 Å². The van der Waals surface area contributed by atoms with Gasteiger partial charge < -0.3 is 24.0 Å². The highest BCUT2D eigenvalue weighted by atomic mass is 16.5. The van der Waals surface area contributed by atoms with Crippen LogP contribution in [0.1, 0.15) is 31.2 Å². The molecule has 1 aromatic rings. The maximum atomic E-state index is 12.8. The summed E-state index contributed by atoms with van der Waals surface area (Å²) in [4.78, 5) is 17.3. The van der Waals surface area contributed by atoms with Gasteiger partial charge in [0.05, 0.1) is 21.3 Å². The number of hydrogen-bond acceptors (Lipinski definition) is 5. The monoisotopic (exact) mass is 374 g/mol. The summed E-state index contributed by atoms with van der Waals surface area (Å²) in [5, 5.41) is 0. The summed E-state index contributed by atoms with van der Waals surface area (Å²) >= 11 is 0. The topological polar surface area (TPSA) is 51.2 Å². The van der Waals surface area contributed by atoms with Crippen LogP contribution in [0.5, 0.6) is 17.2 Å². The molecule has 0 radical (unpaired) electrons. The van der Waals surface area contributed by atoms with Gasteiger partial charge in [-0.05, 0) is 62.5 Å². The van der Waals surface area contributed by atoms with E-state index in [9.17, 15) is 4.79 Å². The Balaban J connectivity index is 1.70. The standard InChI is InChI=1S/C21H30N2O4/c1-25-18-13-16(14-19(26-2)21(18)27-3)8-9-20(24)23-12-6-7-17(23)15-22-10-4-5-11-22/h8-9,13-14,17H,4-7,10-12,15H2,1-3H3/b9-8+. The van der Waals surface area contributed by atoms with Gasteiger partial charge in [0.1, 0.15) is 0 Å².